The van der Waals surface area contributed by atoms with Crippen molar-refractivity contribution in [1.29, 1.82) is 0 Å². The third-order valence-corrected chi connectivity index (χ3v) is 2.92. The van der Waals surface area contributed by atoms with E-state index in [0.717, 1.165) is 30.9 Å². The van der Waals surface area contributed by atoms with Crippen LogP contribution in [0.25, 0.3) is 0 Å². The molecule has 1 aliphatic heterocycles. The van der Waals surface area contributed by atoms with Crippen molar-refractivity contribution in [3.8, 4) is 5.75 Å². The highest BCUT2D eigenvalue weighted by molar-refractivity contribution is 5.59. The van der Waals surface area contributed by atoms with E-state index >= 15 is 0 Å². The number of rotatable bonds is 4. The number of nitrogens with one attached hydrogen (secondary N) is 2. The molecule has 1 unspecified atom stereocenters. The smallest absolute Gasteiger partial charge is 0.142 e. The van der Waals surface area contributed by atoms with Crippen LogP contribution in [0.1, 0.15) is 26.3 Å². The van der Waals surface area contributed by atoms with Gasteiger partial charge in [0.15, 0.2) is 0 Å². The molecule has 17 heavy (non-hydrogen) atoms. The summed E-state index contributed by atoms with van der Waals surface area (Å²) in [5, 5.41) is 6.84. The van der Waals surface area contributed by atoms with Gasteiger partial charge in [-0.2, -0.15) is 0 Å². The summed E-state index contributed by atoms with van der Waals surface area (Å²) in [6.45, 7) is 8.33. The molecule has 0 radical (unpaired) electrons. The first-order chi connectivity index (χ1) is 8.15. The second-order valence-corrected chi connectivity index (χ2v) is 5.00. The Labute approximate surface area is 104 Å². The maximum atomic E-state index is 5.75. The van der Waals surface area contributed by atoms with Crippen LogP contribution in [0.4, 0.5) is 5.69 Å². The molecule has 0 amide bonds. The predicted octanol–water partition coefficient (Wildman–Crippen LogP) is 2.42. The summed E-state index contributed by atoms with van der Waals surface area (Å²) in [4.78, 5) is 0. The Morgan fingerprint density at radius 1 is 1.47 bits per heavy atom. The fraction of sp³-hybridized carbons (Fsp3) is 0.571. The van der Waals surface area contributed by atoms with E-state index in [0.29, 0.717) is 6.04 Å². The lowest BCUT2D eigenvalue weighted by atomic mass is 10.1. The Morgan fingerprint density at radius 2 is 2.29 bits per heavy atom. The SMILES string of the molecule is CC(C)NCCc1ccc2c(c1)NCC(C)O2. The number of fused-ring (bicyclic) bond motifs is 1. The fourth-order valence-corrected chi connectivity index (χ4v) is 1.99. The van der Waals surface area contributed by atoms with Gasteiger partial charge in [-0.15, -0.1) is 0 Å². The molecule has 1 aromatic rings. The molecule has 0 aliphatic carbocycles. The van der Waals surface area contributed by atoms with Crippen LogP contribution in [0.5, 0.6) is 5.75 Å². The van der Waals surface area contributed by atoms with Crippen molar-refractivity contribution in [2.45, 2.75) is 39.3 Å². The van der Waals surface area contributed by atoms with E-state index in [-0.39, 0.29) is 6.10 Å². The van der Waals surface area contributed by atoms with E-state index in [1.807, 2.05) is 0 Å². The van der Waals surface area contributed by atoms with Crippen LogP contribution < -0.4 is 15.4 Å². The monoisotopic (exact) mass is 234 g/mol. The summed E-state index contributed by atoms with van der Waals surface area (Å²) in [7, 11) is 0. The van der Waals surface area contributed by atoms with Gasteiger partial charge >= 0.3 is 0 Å². The third kappa shape index (κ3) is 3.37. The van der Waals surface area contributed by atoms with Crippen LogP contribution in [-0.4, -0.2) is 25.2 Å². The number of anilines is 1. The standard InChI is InChI=1S/C14H22N2O/c1-10(2)15-7-6-12-4-5-14-13(8-12)16-9-11(3)17-14/h4-5,8,10-11,15-16H,6-7,9H2,1-3H3. The van der Waals surface area contributed by atoms with Gasteiger partial charge in [-0.25, -0.2) is 0 Å². The first-order valence-corrected chi connectivity index (χ1v) is 6.42. The molecular weight excluding hydrogens is 212 g/mol. The number of ether oxygens (including phenoxy) is 1. The van der Waals surface area contributed by atoms with Crippen molar-refractivity contribution in [2.24, 2.45) is 0 Å². The predicted molar refractivity (Wildman–Crippen MR) is 71.9 cm³/mol. The first-order valence-electron chi connectivity index (χ1n) is 6.42. The summed E-state index contributed by atoms with van der Waals surface area (Å²) < 4.78 is 5.75. The zero-order valence-electron chi connectivity index (χ0n) is 10.9. The molecule has 0 saturated heterocycles. The lowest BCUT2D eigenvalue weighted by molar-refractivity contribution is 0.226. The Morgan fingerprint density at radius 3 is 3.06 bits per heavy atom. The highest BCUT2D eigenvalue weighted by Crippen LogP contribution is 2.29. The normalized spacial score (nSPS) is 18.5. The molecule has 94 valence electrons. The van der Waals surface area contributed by atoms with Gasteiger partial charge in [-0.3, -0.25) is 0 Å². The van der Waals surface area contributed by atoms with Gasteiger partial charge in [0.25, 0.3) is 0 Å². The molecular formula is C14H22N2O. The summed E-state index contributed by atoms with van der Waals surface area (Å²) >= 11 is 0. The molecule has 0 fully saturated rings. The molecule has 1 heterocycles. The Kier molecular flexibility index (Phi) is 3.89. The van der Waals surface area contributed by atoms with Gasteiger partial charge < -0.3 is 15.4 Å². The third-order valence-electron chi connectivity index (χ3n) is 2.92. The van der Waals surface area contributed by atoms with Crippen LogP contribution in [0, 0.1) is 0 Å². The van der Waals surface area contributed by atoms with Crippen LogP contribution >= 0.6 is 0 Å². The van der Waals surface area contributed by atoms with E-state index in [1.165, 1.54) is 5.56 Å². The molecule has 1 aromatic carbocycles. The van der Waals surface area contributed by atoms with Crippen molar-refractivity contribution < 1.29 is 4.74 Å². The highest BCUT2D eigenvalue weighted by atomic mass is 16.5. The van der Waals surface area contributed by atoms with E-state index in [2.05, 4.69) is 49.6 Å². The summed E-state index contributed by atoms with van der Waals surface area (Å²) in [6, 6.07) is 6.97. The Balaban J connectivity index is 1.96. The quantitative estimate of drug-likeness (QED) is 0.839. The van der Waals surface area contributed by atoms with Crippen LogP contribution in [0.2, 0.25) is 0 Å². The van der Waals surface area contributed by atoms with E-state index in [9.17, 15) is 0 Å². The molecule has 3 heteroatoms. The molecule has 0 bridgehead atoms. The lowest BCUT2D eigenvalue weighted by Crippen LogP contribution is -2.28. The van der Waals surface area contributed by atoms with Crippen LogP contribution in [0.3, 0.4) is 0 Å². The van der Waals surface area contributed by atoms with Crippen molar-refractivity contribution in [1.82, 2.24) is 5.32 Å². The van der Waals surface area contributed by atoms with Crippen LogP contribution in [-0.2, 0) is 6.42 Å². The summed E-state index contributed by atoms with van der Waals surface area (Å²) in [6.07, 6.45) is 1.32. The van der Waals surface area contributed by atoms with Gasteiger partial charge in [-0.05, 0) is 37.6 Å². The largest absolute Gasteiger partial charge is 0.487 e. The minimum absolute atomic E-state index is 0.260. The van der Waals surface area contributed by atoms with Gasteiger partial charge in [-0.1, -0.05) is 19.9 Å². The van der Waals surface area contributed by atoms with Crippen LogP contribution in [0.15, 0.2) is 18.2 Å². The van der Waals surface area contributed by atoms with Crippen molar-refractivity contribution >= 4 is 5.69 Å². The molecule has 2 N–H and O–H groups in total. The average molecular weight is 234 g/mol. The van der Waals surface area contributed by atoms with Gasteiger partial charge in [0.2, 0.25) is 0 Å². The minimum atomic E-state index is 0.260. The van der Waals surface area contributed by atoms with Crippen molar-refractivity contribution in [2.75, 3.05) is 18.4 Å². The minimum Gasteiger partial charge on any atom is -0.487 e. The molecule has 1 aliphatic rings. The Bertz CT molecular complexity index is 376. The molecule has 0 aromatic heterocycles. The first kappa shape index (κ1) is 12.2. The average Bonchev–Trinajstić information content (AvgIpc) is 2.29. The number of hydrogen-bond donors (Lipinski definition) is 2. The second kappa shape index (κ2) is 5.41. The van der Waals surface area contributed by atoms with Gasteiger partial charge in [0.1, 0.15) is 11.9 Å². The van der Waals surface area contributed by atoms with E-state index in [1.54, 1.807) is 0 Å². The maximum Gasteiger partial charge on any atom is 0.142 e. The Hall–Kier alpha value is -1.22. The number of hydrogen-bond acceptors (Lipinski definition) is 3. The molecule has 0 saturated carbocycles. The molecule has 2 rings (SSSR count). The second-order valence-electron chi connectivity index (χ2n) is 5.00. The molecule has 1 atom stereocenters. The lowest BCUT2D eigenvalue weighted by Gasteiger charge is -2.25. The maximum absolute atomic E-state index is 5.75. The van der Waals surface area contributed by atoms with Crippen molar-refractivity contribution in [3.05, 3.63) is 23.8 Å². The van der Waals surface area contributed by atoms with E-state index < -0.39 is 0 Å². The highest BCUT2D eigenvalue weighted by Gasteiger charge is 2.15. The van der Waals surface area contributed by atoms with E-state index in [4.69, 9.17) is 4.74 Å². The fourth-order valence-electron chi connectivity index (χ4n) is 1.99. The van der Waals surface area contributed by atoms with Crippen molar-refractivity contribution in [3.63, 3.8) is 0 Å². The van der Waals surface area contributed by atoms with Gasteiger partial charge in [0.05, 0.1) is 12.2 Å². The summed E-state index contributed by atoms with van der Waals surface area (Å²) in [5.74, 6) is 0.976. The molecule has 3 nitrogen and oxygen atoms in total. The zero-order valence-corrected chi connectivity index (χ0v) is 10.9. The number of benzene rings is 1. The van der Waals surface area contributed by atoms with Gasteiger partial charge in [0, 0.05) is 6.04 Å². The summed E-state index contributed by atoms with van der Waals surface area (Å²) in [5.41, 5.74) is 2.48. The zero-order chi connectivity index (χ0) is 12.3. The molecule has 0 spiro atoms. The topological polar surface area (TPSA) is 33.3 Å².